The predicted octanol–water partition coefficient (Wildman–Crippen LogP) is 4.13. The van der Waals surface area contributed by atoms with Gasteiger partial charge in [-0.25, -0.2) is 0 Å². The van der Waals surface area contributed by atoms with Gasteiger partial charge in [0.2, 0.25) is 0 Å². The lowest BCUT2D eigenvalue weighted by Crippen LogP contribution is -1.89. The molecule has 0 bridgehead atoms. The van der Waals surface area contributed by atoms with Gasteiger partial charge in [0.25, 0.3) is 0 Å². The van der Waals surface area contributed by atoms with Gasteiger partial charge in [0.15, 0.2) is 0 Å². The van der Waals surface area contributed by atoms with Gasteiger partial charge in [-0.2, -0.15) is 0 Å². The van der Waals surface area contributed by atoms with Crippen LogP contribution in [0.4, 0.5) is 0 Å². The summed E-state index contributed by atoms with van der Waals surface area (Å²) in [6.07, 6.45) is 0. The zero-order chi connectivity index (χ0) is 10.8. The number of benzene rings is 1. The van der Waals surface area contributed by atoms with Crippen LogP contribution < -0.4 is 0 Å². The van der Waals surface area contributed by atoms with Gasteiger partial charge in [0, 0.05) is 10.0 Å². The number of rotatable bonds is 1. The Labute approximate surface area is 98.3 Å². The normalized spacial score (nSPS) is 10.3. The molecule has 0 amide bonds. The molecular formula is C13H12BrN. The molecule has 0 aliphatic carbocycles. The van der Waals surface area contributed by atoms with Crippen molar-refractivity contribution >= 4 is 15.9 Å². The predicted molar refractivity (Wildman–Crippen MR) is 66.8 cm³/mol. The minimum absolute atomic E-state index is 1.02. The molecule has 1 aromatic carbocycles. The van der Waals surface area contributed by atoms with Gasteiger partial charge in [-0.15, -0.1) is 0 Å². The quantitative estimate of drug-likeness (QED) is 0.753. The molecule has 15 heavy (non-hydrogen) atoms. The Morgan fingerprint density at radius 2 is 1.73 bits per heavy atom. The summed E-state index contributed by atoms with van der Waals surface area (Å²) in [6, 6.07) is 12.4. The summed E-state index contributed by atoms with van der Waals surface area (Å²) in [5.41, 5.74) is 4.52. The van der Waals surface area contributed by atoms with Crippen LogP contribution in [0.3, 0.4) is 0 Å². The van der Waals surface area contributed by atoms with Crippen LogP contribution >= 0.6 is 15.9 Å². The van der Waals surface area contributed by atoms with E-state index in [1.807, 2.05) is 31.2 Å². The highest BCUT2D eigenvalue weighted by Crippen LogP contribution is 2.23. The maximum Gasteiger partial charge on any atom is 0.0708 e. The first-order chi connectivity index (χ1) is 7.18. The fraction of sp³-hybridized carbons (Fsp3) is 0.154. The van der Waals surface area contributed by atoms with E-state index in [2.05, 4.69) is 40.0 Å². The molecule has 1 heterocycles. The highest BCUT2D eigenvalue weighted by molar-refractivity contribution is 9.10. The first-order valence-corrected chi connectivity index (χ1v) is 5.67. The van der Waals surface area contributed by atoms with Gasteiger partial charge >= 0.3 is 0 Å². The topological polar surface area (TPSA) is 12.9 Å². The Morgan fingerprint density at radius 1 is 1.00 bits per heavy atom. The fourth-order valence-electron chi connectivity index (χ4n) is 1.55. The molecule has 1 aromatic heterocycles. The minimum Gasteiger partial charge on any atom is -0.252 e. The molecule has 2 rings (SSSR count). The minimum atomic E-state index is 1.02. The lowest BCUT2D eigenvalue weighted by atomic mass is 10.1. The molecule has 76 valence electrons. The molecule has 1 nitrogen and oxygen atoms in total. The van der Waals surface area contributed by atoms with Gasteiger partial charge < -0.3 is 0 Å². The van der Waals surface area contributed by atoms with Gasteiger partial charge in [-0.3, -0.25) is 4.98 Å². The second-order valence-corrected chi connectivity index (χ2v) is 4.43. The smallest absolute Gasteiger partial charge is 0.0708 e. The molecule has 0 radical (unpaired) electrons. The summed E-state index contributed by atoms with van der Waals surface area (Å²) in [4.78, 5) is 4.56. The number of aromatic nitrogens is 1. The molecule has 2 heteroatoms. The number of aryl methyl sites for hydroxylation is 2. The average Bonchev–Trinajstić information content (AvgIpc) is 2.23. The summed E-state index contributed by atoms with van der Waals surface area (Å²) in [5.74, 6) is 0. The Kier molecular flexibility index (Phi) is 2.87. The number of pyridine rings is 1. The zero-order valence-corrected chi connectivity index (χ0v) is 10.4. The van der Waals surface area contributed by atoms with Crippen molar-refractivity contribution in [2.45, 2.75) is 13.8 Å². The van der Waals surface area contributed by atoms with E-state index >= 15 is 0 Å². The Bertz CT molecular complexity index is 492. The van der Waals surface area contributed by atoms with Crippen molar-refractivity contribution < 1.29 is 0 Å². The second-order valence-electron chi connectivity index (χ2n) is 3.58. The Hall–Kier alpha value is -1.15. The van der Waals surface area contributed by atoms with Crippen molar-refractivity contribution in [1.29, 1.82) is 0 Å². The number of hydrogen-bond donors (Lipinski definition) is 0. The first-order valence-electron chi connectivity index (χ1n) is 4.87. The van der Waals surface area contributed by atoms with Crippen LogP contribution in [0, 0.1) is 13.8 Å². The lowest BCUT2D eigenvalue weighted by Gasteiger charge is -2.06. The summed E-state index contributed by atoms with van der Waals surface area (Å²) >= 11 is 3.46. The van der Waals surface area contributed by atoms with E-state index in [4.69, 9.17) is 0 Å². The Morgan fingerprint density at radius 3 is 2.40 bits per heavy atom. The van der Waals surface area contributed by atoms with Crippen LogP contribution in [0.25, 0.3) is 11.3 Å². The maximum atomic E-state index is 4.56. The van der Waals surface area contributed by atoms with E-state index < -0.39 is 0 Å². The van der Waals surface area contributed by atoms with Gasteiger partial charge in [0.05, 0.1) is 11.4 Å². The van der Waals surface area contributed by atoms with Crippen LogP contribution in [0.2, 0.25) is 0 Å². The van der Waals surface area contributed by atoms with Crippen molar-refractivity contribution in [1.82, 2.24) is 4.98 Å². The lowest BCUT2D eigenvalue weighted by molar-refractivity contribution is 1.18. The third-order valence-electron chi connectivity index (χ3n) is 2.44. The van der Waals surface area contributed by atoms with Crippen molar-refractivity contribution in [3.8, 4) is 11.3 Å². The van der Waals surface area contributed by atoms with E-state index in [1.54, 1.807) is 0 Å². The summed E-state index contributed by atoms with van der Waals surface area (Å²) in [5, 5.41) is 0. The monoisotopic (exact) mass is 261 g/mol. The van der Waals surface area contributed by atoms with E-state index in [0.29, 0.717) is 0 Å². The van der Waals surface area contributed by atoms with Crippen molar-refractivity contribution in [3.05, 3.63) is 52.1 Å². The molecular weight excluding hydrogens is 250 g/mol. The summed E-state index contributed by atoms with van der Waals surface area (Å²) in [7, 11) is 0. The molecule has 0 N–H and O–H groups in total. The number of halogens is 1. The number of hydrogen-bond acceptors (Lipinski definition) is 1. The fourth-order valence-corrected chi connectivity index (χ4v) is 1.78. The standard InChI is InChI=1S/C13H12BrN/c1-9-5-3-4-6-11(9)13-8-7-12(14)10(2)15-13/h3-8H,1-2H3. The third-order valence-corrected chi connectivity index (χ3v) is 3.28. The molecule has 0 saturated heterocycles. The Balaban J connectivity index is 2.55. The molecule has 0 aliphatic heterocycles. The van der Waals surface area contributed by atoms with Crippen molar-refractivity contribution in [2.24, 2.45) is 0 Å². The molecule has 0 spiro atoms. The number of nitrogens with zero attached hydrogens (tertiary/aromatic N) is 1. The first kappa shape index (κ1) is 10.4. The van der Waals surface area contributed by atoms with E-state index in [1.165, 1.54) is 11.1 Å². The molecule has 0 atom stereocenters. The van der Waals surface area contributed by atoms with Gasteiger partial charge in [0.1, 0.15) is 0 Å². The highest BCUT2D eigenvalue weighted by atomic mass is 79.9. The summed E-state index contributed by atoms with van der Waals surface area (Å²) in [6.45, 7) is 4.11. The van der Waals surface area contributed by atoms with Crippen LogP contribution in [0.5, 0.6) is 0 Å². The molecule has 0 fully saturated rings. The SMILES string of the molecule is Cc1ccccc1-c1ccc(Br)c(C)n1. The summed E-state index contributed by atoms with van der Waals surface area (Å²) < 4.78 is 1.06. The van der Waals surface area contributed by atoms with Crippen molar-refractivity contribution in [2.75, 3.05) is 0 Å². The molecule has 0 unspecified atom stereocenters. The van der Waals surface area contributed by atoms with Crippen LogP contribution in [-0.4, -0.2) is 4.98 Å². The molecule has 0 aliphatic rings. The average molecular weight is 262 g/mol. The zero-order valence-electron chi connectivity index (χ0n) is 8.79. The van der Waals surface area contributed by atoms with Crippen LogP contribution in [0.1, 0.15) is 11.3 Å². The van der Waals surface area contributed by atoms with Crippen LogP contribution in [0.15, 0.2) is 40.9 Å². The largest absolute Gasteiger partial charge is 0.252 e. The van der Waals surface area contributed by atoms with Gasteiger partial charge in [-0.1, -0.05) is 24.3 Å². The third kappa shape index (κ3) is 2.10. The van der Waals surface area contributed by atoms with E-state index in [-0.39, 0.29) is 0 Å². The second kappa shape index (κ2) is 4.15. The highest BCUT2D eigenvalue weighted by Gasteiger charge is 2.03. The van der Waals surface area contributed by atoms with Crippen LogP contribution in [-0.2, 0) is 0 Å². The maximum absolute atomic E-state index is 4.56. The van der Waals surface area contributed by atoms with Gasteiger partial charge in [-0.05, 0) is 47.5 Å². The molecule has 2 aromatic rings. The van der Waals surface area contributed by atoms with E-state index in [9.17, 15) is 0 Å². The molecule has 0 saturated carbocycles. The van der Waals surface area contributed by atoms with E-state index in [0.717, 1.165) is 15.9 Å². The van der Waals surface area contributed by atoms with Crippen molar-refractivity contribution in [3.63, 3.8) is 0 Å².